The lowest BCUT2D eigenvalue weighted by molar-refractivity contribution is 0.00695. The van der Waals surface area contributed by atoms with Crippen molar-refractivity contribution in [1.82, 2.24) is 14.3 Å². The number of anilines is 1. The molecule has 3 rings (SSSR count). The Morgan fingerprint density at radius 2 is 1.86 bits per heavy atom. The zero-order valence-electron chi connectivity index (χ0n) is 16.7. The Bertz CT molecular complexity index is 1010. The molecule has 0 unspecified atom stereocenters. The SMILES string of the molecule is Cc1nsc(Cc2cnccn2)c1C(=O)Nc1ccc(C(=O)OC(C)(C)C)cc1. The summed E-state index contributed by atoms with van der Waals surface area (Å²) in [5.74, 6) is -0.653. The molecule has 0 saturated carbocycles. The molecule has 0 aliphatic heterocycles. The Balaban J connectivity index is 1.72. The molecule has 0 aliphatic carbocycles. The van der Waals surface area contributed by atoms with Gasteiger partial charge in [0.25, 0.3) is 5.91 Å². The minimum atomic E-state index is -0.563. The van der Waals surface area contributed by atoms with Crippen LogP contribution in [0.1, 0.15) is 57.8 Å². The molecule has 1 aromatic carbocycles. The third kappa shape index (κ3) is 5.45. The van der Waals surface area contributed by atoms with Crippen molar-refractivity contribution < 1.29 is 14.3 Å². The van der Waals surface area contributed by atoms with E-state index >= 15 is 0 Å². The zero-order chi connectivity index (χ0) is 21.0. The number of nitrogens with one attached hydrogen (secondary N) is 1. The van der Waals surface area contributed by atoms with Crippen LogP contribution < -0.4 is 5.32 Å². The number of benzene rings is 1. The average molecular weight is 410 g/mol. The van der Waals surface area contributed by atoms with E-state index in [-0.39, 0.29) is 5.91 Å². The molecule has 0 fully saturated rings. The highest BCUT2D eigenvalue weighted by Crippen LogP contribution is 2.23. The first-order valence-corrected chi connectivity index (χ1v) is 9.85. The standard InChI is InChI=1S/C21H22N4O3S/c1-13-18(17(29-25-13)11-16-12-22-9-10-23-16)19(26)24-15-7-5-14(6-8-15)20(27)28-21(2,3)4/h5-10,12H,11H2,1-4H3,(H,24,26). The van der Waals surface area contributed by atoms with Crippen molar-refractivity contribution >= 4 is 29.1 Å². The van der Waals surface area contributed by atoms with Crippen LogP contribution in [0.25, 0.3) is 0 Å². The molecule has 0 aliphatic rings. The Morgan fingerprint density at radius 3 is 2.48 bits per heavy atom. The fourth-order valence-corrected chi connectivity index (χ4v) is 3.52. The summed E-state index contributed by atoms with van der Waals surface area (Å²) in [5.41, 5.74) is 2.42. The van der Waals surface area contributed by atoms with E-state index < -0.39 is 11.6 Å². The van der Waals surface area contributed by atoms with Crippen LogP contribution in [0.15, 0.2) is 42.9 Å². The maximum atomic E-state index is 12.8. The predicted molar refractivity (Wildman–Crippen MR) is 111 cm³/mol. The third-order valence-corrected chi connectivity index (χ3v) is 4.83. The summed E-state index contributed by atoms with van der Waals surface area (Å²) < 4.78 is 9.67. The van der Waals surface area contributed by atoms with E-state index in [0.29, 0.717) is 28.9 Å². The summed E-state index contributed by atoms with van der Waals surface area (Å²) >= 11 is 1.28. The van der Waals surface area contributed by atoms with Crippen LogP contribution in [0.2, 0.25) is 0 Å². The van der Waals surface area contributed by atoms with Gasteiger partial charge in [-0.3, -0.25) is 14.8 Å². The normalized spacial score (nSPS) is 11.2. The third-order valence-electron chi connectivity index (χ3n) is 3.90. The largest absolute Gasteiger partial charge is 0.456 e. The molecule has 150 valence electrons. The van der Waals surface area contributed by atoms with Gasteiger partial charge < -0.3 is 10.1 Å². The van der Waals surface area contributed by atoms with E-state index in [4.69, 9.17) is 4.74 Å². The second kappa shape index (κ2) is 8.48. The van der Waals surface area contributed by atoms with E-state index in [9.17, 15) is 9.59 Å². The van der Waals surface area contributed by atoms with Gasteiger partial charge in [-0.25, -0.2) is 4.79 Å². The number of ether oxygens (including phenoxy) is 1. The summed E-state index contributed by atoms with van der Waals surface area (Å²) in [6.45, 7) is 7.25. The van der Waals surface area contributed by atoms with Crippen LogP contribution in [-0.2, 0) is 11.2 Å². The fourth-order valence-electron chi connectivity index (χ4n) is 2.63. The molecule has 29 heavy (non-hydrogen) atoms. The first-order valence-electron chi connectivity index (χ1n) is 9.08. The van der Waals surface area contributed by atoms with Gasteiger partial charge in [0.1, 0.15) is 5.60 Å². The van der Waals surface area contributed by atoms with Crippen LogP contribution in [0, 0.1) is 6.92 Å². The molecule has 0 spiro atoms. The number of nitrogens with zero attached hydrogens (tertiary/aromatic N) is 3. The molecule has 2 heterocycles. The molecular weight excluding hydrogens is 388 g/mol. The maximum absolute atomic E-state index is 12.8. The van der Waals surface area contributed by atoms with Gasteiger partial charge in [0.15, 0.2) is 0 Å². The number of amides is 1. The number of carbonyl (C=O) groups excluding carboxylic acids is 2. The first-order chi connectivity index (χ1) is 13.7. The number of esters is 1. The number of hydrogen-bond donors (Lipinski definition) is 1. The lowest BCUT2D eigenvalue weighted by Crippen LogP contribution is -2.23. The van der Waals surface area contributed by atoms with E-state index in [1.54, 1.807) is 49.8 Å². The van der Waals surface area contributed by atoms with E-state index in [2.05, 4.69) is 19.7 Å². The summed E-state index contributed by atoms with van der Waals surface area (Å²) in [5, 5.41) is 2.87. The lowest BCUT2D eigenvalue weighted by Gasteiger charge is -2.19. The van der Waals surface area contributed by atoms with Gasteiger partial charge in [-0.15, -0.1) is 0 Å². The summed E-state index contributed by atoms with van der Waals surface area (Å²) in [6.07, 6.45) is 5.39. The Hall–Kier alpha value is -3.13. The van der Waals surface area contributed by atoms with Gasteiger partial charge in [0.2, 0.25) is 0 Å². The van der Waals surface area contributed by atoms with Crippen LogP contribution in [0.4, 0.5) is 5.69 Å². The average Bonchev–Trinajstić information content (AvgIpc) is 3.02. The molecule has 0 saturated heterocycles. The van der Waals surface area contributed by atoms with Crippen molar-refractivity contribution in [3.8, 4) is 0 Å². The molecule has 7 nitrogen and oxygen atoms in total. The van der Waals surface area contributed by atoms with Gasteiger partial charge in [-0.2, -0.15) is 4.37 Å². The van der Waals surface area contributed by atoms with Crippen LogP contribution in [0.3, 0.4) is 0 Å². The van der Waals surface area contributed by atoms with Crippen molar-refractivity contribution in [2.24, 2.45) is 0 Å². The van der Waals surface area contributed by atoms with E-state index in [1.807, 2.05) is 20.8 Å². The Morgan fingerprint density at radius 1 is 1.14 bits per heavy atom. The van der Waals surface area contributed by atoms with Crippen molar-refractivity contribution in [2.45, 2.75) is 39.7 Å². The lowest BCUT2D eigenvalue weighted by atomic mass is 10.1. The Labute approximate surface area is 173 Å². The highest BCUT2D eigenvalue weighted by Gasteiger charge is 2.20. The topological polar surface area (TPSA) is 94.1 Å². The van der Waals surface area contributed by atoms with E-state index in [0.717, 1.165) is 10.6 Å². The minimum Gasteiger partial charge on any atom is -0.456 e. The van der Waals surface area contributed by atoms with Crippen molar-refractivity contribution in [3.05, 3.63) is 70.2 Å². The van der Waals surface area contributed by atoms with Crippen molar-refractivity contribution in [1.29, 1.82) is 0 Å². The van der Waals surface area contributed by atoms with Crippen molar-refractivity contribution in [3.63, 3.8) is 0 Å². The zero-order valence-corrected chi connectivity index (χ0v) is 17.5. The van der Waals surface area contributed by atoms with Gasteiger partial charge in [0.05, 0.1) is 22.5 Å². The number of aryl methyl sites for hydroxylation is 1. The smallest absolute Gasteiger partial charge is 0.338 e. The van der Waals surface area contributed by atoms with Gasteiger partial charge in [-0.05, 0) is 63.5 Å². The van der Waals surface area contributed by atoms with Gasteiger partial charge >= 0.3 is 5.97 Å². The molecule has 8 heteroatoms. The predicted octanol–water partition coefficient (Wildman–Crippen LogP) is 4.04. The fraction of sp³-hybridized carbons (Fsp3) is 0.286. The highest BCUT2D eigenvalue weighted by atomic mass is 32.1. The second-order valence-electron chi connectivity index (χ2n) is 7.47. The molecule has 3 aromatic rings. The highest BCUT2D eigenvalue weighted by molar-refractivity contribution is 7.06. The number of rotatable bonds is 5. The van der Waals surface area contributed by atoms with Gasteiger partial charge in [-0.1, -0.05) is 0 Å². The molecule has 1 N–H and O–H groups in total. The number of aromatic nitrogens is 3. The minimum absolute atomic E-state index is 0.250. The van der Waals surface area contributed by atoms with E-state index in [1.165, 1.54) is 11.5 Å². The van der Waals surface area contributed by atoms with Crippen molar-refractivity contribution in [2.75, 3.05) is 5.32 Å². The van der Waals surface area contributed by atoms with Crippen LogP contribution >= 0.6 is 11.5 Å². The molecule has 1 amide bonds. The molecular formula is C21H22N4O3S. The molecule has 2 aromatic heterocycles. The van der Waals surface area contributed by atoms with Crippen LogP contribution in [0.5, 0.6) is 0 Å². The molecule has 0 bridgehead atoms. The summed E-state index contributed by atoms with van der Waals surface area (Å²) in [4.78, 5) is 34.1. The summed E-state index contributed by atoms with van der Waals surface area (Å²) in [6, 6.07) is 6.61. The Kier molecular flexibility index (Phi) is 6.03. The quantitative estimate of drug-likeness (QED) is 0.638. The molecule has 0 radical (unpaired) electrons. The number of hydrogen-bond acceptors (Lipinski definition) is 7. The second-order valence-corrected chi connectivity index (χ2v) is 8.33. The maximum Gasteiger partial charge on any atom is 0.338 e. The monoisotopic (exact) mass is 410 g/mol. The first kappa shape index (κ1) is 20.6. The molecule has 0 atom stereocenters. The van der Waals surface area contributed by atoms with Crippen LogP contribution in [-0.4, -0.2) is 31.8 Å². The number of carbonyl (C=O) groups is 2. The van der Waals surface area contributed by atoms with Gasteiger partial charge in [0, 0.05) is 35.6 Å². The summed E-state index contributed by atoms with van der Waals surface area (Å²) in [7, 11) is 0.